The van der Waals surface area contributed by atoms with Crippen LogP contribution in [0.1, 0.15) is 53.9 Å². The molecule has 0 atom stereocenters. The summed E-state index contributed by atoms with van der Waals surface area (Å²) in [6, 6.07) is 0.377. The fourth-order valence-electron chi connectivity index (χ4n) is 1.45. The van der Waals surface area contributed by atoms with Gasteiger partial charge in [0.2, 0.25) is 11.9 Å². The lowest BCUT2D eigenvalue weighted by molar-refractivity contribution is 0.292. The number of anilines is 2. The van der Waals surface area contributed by atoms with E-state index in [9.17, 15) is 0 Å². The van der Waals surface area contributed by atoms with Crippen molar-refractivity contribution < 1.29 is 4.74 Å². The highest BCUT2D eigenvalue weighted by molar-refractivity contribution is 5.36. The molecule has 0 aromatic carbocycles. The molecule has 6 nitrogen and oxygen atoms in total. The molecule has 1 rings (SSSR count). The van der Waals surface area contributed by atoms with E-state index in [1.54, 1.807) is 0 Å². The quantitative estimate of drug-likeness (QED) is 0.690. The zero-order valence-corrected chi connectivity index (χ0v) is 14.0. The molecule has 0 aliphatic carbocycles. The van der Waals surface area contributed by atoms with Crippen LogP contribution >= 0.6 is 0 Å². The third kappa shape index (κ3) is 6.60. The second-order valence-electron chi connectivity index (χ2n) is 5.91. The summed E-state index contributed by atoms with van der Waals surface area (Å²) >= 11 is 0. The topological polar surface area (TPSA) is 72.0 Å². The van der Waals surface area contributed by atoms with E-state index >= 15 is 0 Å². The Labute approximate surface area is 128 Å². The molecule has 0 aliphatic heterocycles. The molecule has 0 unspecified atom stereocenters. The molecule has 0 spiro atoms. The maximum atomic E-state index is 5.53. The summed E-state index contributed by atoms with van der Waals surface area (Å²) in [5, 5.41) is 6.47. The van der Waals surface area contributed by atoms with Crippen molar-refractivity contribution in [3.05, 3.63) is 0 Å². The highest BCUT2D eigenvalue weighted by atomic mass is 16.5. The molecular weight excluding hydrogens is 266 g/mol. The Kier molecular flexibility index (Phi) is 7.19. The van der Waals surface area contributed by atoms with Gasteiger partial charge in [-0.15, -0.1) is 0 Å². The van der Waals surface area contributed by atoms with Crippen LogP contribution in [0.4, 0.5) is 11.9 Å². The Bertz CT molecular complexity index is 396. The van der Waals surface area contributed by atoms with Crippen molar-refractivity contribution in [1.82, 2.24) is 15.0 Å². The molecule has 6 heteroatoms. The van der Waals surface area contributed by atoms with Gasteiger partial charge in [0.1, 0.15) is 0 Å². The van der Waals surface area contributed by atoms with E-state index < -0.39 is 0 Å². The van der Waals surface area contributed by atoms with Crippen LogP contribution in [0.2, 0.25) is 0 Å². The molecule has 0 fully saturated rings. The minimum Gasteiger partial charge on any atom is -0.463 e. The van der Waals surface area contributed by atoms with Gasteiger partial charge in [-0.05, 0) is 24.7 Å². The molecule has 21 heavy (non-hydrogen) atoms. The fourth-order valence-corrected chi connectivity index (χ4v) is 1.45. The SMILES string of the molecule is CCCNc1nc(NCC(C)(C)CC)nc(OCCC)n1. The van der Waals surface area contributed by atoms with Gasteiger partial charge in [0, 0.05) is 13.1 Å². The maximum Gasteiger partial charge on any atom is 0.323 e. The van der Waals surface area contributed by atoms with Crippen LogP contribution in [0, 0.1) is 5.41 Å². The molecule has 0 aliphatic rings. The average molecular weight is 295 g/mol. The lowest BCUT2D eigenvalue weighted by Gasteiger charge is -2.22. The zero-order chi connectivity index (χ0) is 15.7. The van der Waals surface area contributed by atoms with Crippen LogP contribution in [0.3, 0.4) is 0 Å². The second kappa shape index (κ2) is 8.64. The largest absolute Gasteiger partial charge is 0.463 e. The summed E-state index contributed by atoms with van der Waals surface area (Å²) in [5.74, 6) is 1.13. The summed E-state index contributed by atoms with van der Waals surface area (Å²) in [4.78, 5) is 13.0. The predicted octanol–water partition coefficient (Wildman–Crippen LogP) is 3.33. The van der Waals surface area contributed by atoms with Crippen molar-refractivity contribution in [2.45, 2.75) is 53.9 Å². The minimum absolute atomic E-state index is 0.202. The fraction of sp³-hybridized carbons (Fsp3) is 0.800. The Morgan fingerprint density at radius 2 is 1.62 bits per heavy atom. The highest BCUT2D eigenvalue weighted by Gasteiger charge is 2.16. The molecule has 0 saturated carbocycles. The standard InChI is InChI=1S/C15H29N5O/c1-6-9-16-12-18-13(17-11-15(4,5)8-3)20-14(19-12)21-10-7-2/h6-11H2,1-5H3,(H2,16,17,18,19,20). The van der Waals surface area contributed by atoms with E-state index in [4.69, 9.17) is 4.74 Å². The number of ether oxygens (including phenoxy) is 1. The average Bonchev–Trinajstić information content (AvgIpc) is 2.49. The van der Waals surface area contributed by atoms with Crippen molar-refractivity contribution in [1.29, 1.82) is 0 Å². The van der Waals surface area contributed by atoms with Gasteiger partial charge in [-0.25, -0.2) is 0 Å². The van der Waals surface area contributed by atoms with Crippen molar-refractivity contribution in [3.8, 4) is 6.01 Å². The Morgan fingerprint density at radius 1 is 0.952 bits per heavy atom. The molecule has 2 N–H and O–H groups in total. The van der Waals surface area contributed by atoms with Gasteiger partial charge >= 0.3 is 6.01 Å². The van der Waals surface area contributed by atoms with Crippen LogP contribution in [-0.4, -0.2) is 34.6 Å². The lowest BCUT2D eigenvalue weighted by atomic mass is 9.90. The minimum atomic E-state index is 0.202. The zero-order valence-electron chi connectivity index (χ0n) is 14.0. The summed E-state index contributed by atoms with van der Waals surface area (Å²) in [6.07, 6.45) is 3.03. The molecule has 0 saturated heterocycles. The van der Waals surface area contributed by atoms with Gasteiger partial charge in [-0.3, -0.25) is 0 Å². The molecule has 0 radical (unpaired) electrons. The van der Waals surface area contributed by atoms with Crippen molar-refractivity contribution >= 4 is 11.9 Å². The van der Waals surface area contributed by atoms with Gasteiger partial charge in [0.15, 0.2) is 0 Å². The summed E-state index contributed by atoms with van der Waals surface area (Å²) in [5.41, 5.74) is 0.202. The maximum absolute atomic E-state index is 5.53. The van der Waals surface area contributed by atoms with Crippen LogP contribution in [-0.2, 0) is 0 Å². The number of aromatic nitrogens is 3. The first-order valence-electron chi connectivity index (χ1n) is 7.87. The highest BCUT2D eigenvalue weighted by Crippen LogP contribution is 2.20. The lowest BCUT2D eigenvalue weighted by Crippen LogP contribution is -2.23. The second-order valence-corrected chi connectivity index (χ2v) is 5.91. The van der Waals surface area contributed by atoms with E-state index in [-0.39, 0.29) is 5.41 Å². The third-order valence-corrected chi connectivity index (χ3v) is 3.27. The van der Waals surface area contributed by atoms with Gasteiger partial charge in [0.05, 0.1) is 6.61 Å². The van der Waals surface area contributed by atoms with Gasteiger partial charge < -0.3 is 15.4 Å². The van der Waals surface area contributed by atoms with E-state index in [2.05, 4.69) is 60.2 Å². The van der Waals surface area contributed by atoms with E-state index in [1.807, 2.05) is 0 Å². The number of rotatable bonds is 10. The van der Waals surface area contributed by atoms with E-state index in [0.717, 1.165) is 32.4 Å². The Hall–Kier alpha value is -1.59. The van der Waals surface area contributed by atoms with Crippen LogP contribution in [0.5, 0.6) is 6.01 Å². The number of nitrogens with zero attached hydrogens (tertiary/aromatic N) is 3. The molecule has 0 amide bonds. The first-order chi connectivity index (χ1) is 10.0. The summed E-state index contributed by atoms with van der Waals surface area (Å²) in [6.45, 7) is 13.0. The van der Waals surface area contributed by atoms with Crippen molar-refractivity contribution in [2.24, 2.45) is 5.41 Å². The van der Waals surface area contributed by atoms with Crippen molar-refractivity contribution in [3.63, 3.8) is 0 Å². The normalized spacial score (nSPS) is 11.3. The Morgan fingerprint density at radius 3 is 2.19 bits per heavy atom. The number of hydrogen-bond donors (Lipinski definition) is 2. The Balaban J connectivity index is 2.79. The first kappa shape index (κ1) is 17.5. The van der Waals surface area contributed by atoms with E-state index in [1.165, 1.54) is 0 Å². The van der Waals surface area contributed by atoms with Crippen LogP contribution < -0.4 is 15.4 Å². The number of nitrogens with one attached hydrogen (secondary N) is 2. The predicted molar refractivity (Wildman–Crippen MR) is 87.0 cm³/mol. The van der Waals surface area contributed by atoms with Crippen LogP contribution in [0.15, 0.2) is 0 Å². The molecule has 120 valence electrons. The number of hydrogen-bond acceptors (Lipinski definition) is 6. The summed E-state index contributed by atoms with van der Waals surface area (Å²) < 4.78 is 5.53. The van der Waals surface area contributed by atoms with Gasteiger partial charge in [-0.2, -0.15) is 15.0 Å². The third-order valence-electron chi connectivity index (χ3n) is 3.27. The van der Waals surface area contributed by atoms with Gasteiger partial charge in [-0.1, -0.05) is 34.6 Å². The molecule has 1 aromatic heterocycles. The monoisotopic (exact) mass is 295 g/mol. The first-order valence-corrected chi connectivity index (χ1v) is 7.87. The van der Waals surface area contributed by atoms with E-state index in [0.29, 0.717) is 24.5 Å². The summed E-state index contributed by atoms with van der Waals surface area (Å²) in [7, 11) is 0. The van der Waals surface area contributed by atoms with Crippen molar-refractivity contribution in [2.75, 3.05) is 30.3 Å². The van der Waals surface area contributed by atoms with Gasteiger partial charge in [0.25, 0.3) is 0 Å². The molecule has 1 aromatic rings. The smallest absolute Gasteiger partial charge is 0.323 e. The molecule has 1 heterocycles. The molecule has 0 bridgehead atoms. The molecular formula is C15H29N5O. The van der Waals surface area contributed by atoms with Crippen LogP contribution in [0.25, 0.3) is 0 Å².